The van der Waals surface area contributed by atoms with E-state index in [-0.39, 0.29) is 0 Å². The Hall–Kier alpha value is -0.613. The van der Waals surface area contributed by atoms with Gasteiger partial charge in [0.05, 0.1) is 0 Å². The Labute approximate surface area is 86.9 Å². The SMILES string of the molecule is CO[Si](C)(C)[CH]CCC=C(C)C(=O)O. The van der Waals surface area contributed by atoms with E-state index < -0.39 is 14.3 Å². The second-order valence-corrected chi connectivity index (χ2v) is 7.80. The van der Waals surface area contributed by atoms with Crippen molar-refractivity contribution in [2.75, 3.05) is 7.11 Å². The van der Waals surface area contributed by atoms with Gasteiger partial charge in [0.1, 0.15) is 0 Å². The number of aliphatic carboxylic acids is 1. The van der Waals surface area contributed by atoms with Gasteiger partial charge < -0.3 is 9.53 Å². The lowest BCUT2D eigenvalue weighted by atomic mass is 10.2. The largest absolute Gasteiger partial charge is 0.478 e. The number of hydrogen-bond acceptors (Lipinski definition) is 2. The summed E-state index contributed by atoms with van der Waals surface area (Å²) >= 11 is 0. The first kappa shape index (κ1) is 13.4. The summed E-state index contributed by atoms with van der Waals surface area (Å²) in [6.45, 7) is 5.84. The lowest BCUT2D eigenvalue weighted by Gasteiger charge is -2.18. The highest BCUT2D eigenvalue weighted by Gasteiger charge is 2.19. The molecular formula is C10H19O3Si. The number of carbonyl (C=O) groups is 1. The van der Waals surface area contributed by atoms with Crippen molar-refractivity contribution < 1.29 is 14.3 Å². The van der Waals surface area contributed by atoms with Crippen LogP contribution >= 0.6 is 0 Å². The molecule has 0 aromatic carbocycles. The Kier molecular flexibility index (Phi) is 5.72. The van der Waals surface area contributed by atoms with E-state index in [1.165, 1.54) is 0 Å². The number of rotatable bonds is 6. The second-order valence-electron chi connectivity index (χ2n) is 3.78. The molecule has 3 nitrogen and oxygen atoms in total. The van der Waals surface area contributed by atoms with Gasteiger partial charge in [0.2, 0.25) is 0 Å². The summed E-state index contributed by atoms with van der Waals surface area (Å²) in [7, 11) is 0.145. The molecule has 0 aliphatic rings. The molecule has 0 atom stereocenters. The van der Waals surface area contributed by atoms with Gasteiger partial charge in [0.15, 0.2) is 8.32 Å². The molecule has 0 bridgehead atoms. The third kappa shape index (κ3) is 5.94. The maximum Gasteiger partial charge on any atom is 0.330 e. The van der Waals surface area contributed by atoms with Crippen LogP contribution in [0.25, 0.3) is 0 Å². The molecule has 14 heavy (non-hydrogen) atoms. The average molecular weight is 215 g/mol. The summed E-state index contributed by atoms with van der Waals surface area (Å²) in [6.07, 6.45) is 3.41. The maximum atomic E-state index is 10.5. The lowest BCUT2D eigenvalue weighted by Crippen LogP contribution is -2.29. The Balaban J connectivity index is 3.76. The summed E-state index contributed by atoms with van der Waals surface area (Å²) < 4.78 is 5.34. The highest BCUT2D eigenvalue weighted by atomic mass is 28.4. The number of carboxylic acids is 1. The van der Waals surface area contributed by atoms with Gasteiger partial charge in [0.25, 0.3) is 0 Å². The van der Waals surface area contributed by atoms with Gasteiger partial charge in [0, 0.05) is 12.7 Å². The molecule has 0 aliphatic heterocycles. The smallest absolute Gasteiger partial charge is 0.330 e. The minimum absolute atomic E-state index is 0.412. The predicted octanol–water partition coefficient (Wildman–Crippen LogP) is 2.39. The number of carboxylic acid groups (broad SMARTS) is 1. The van der Waals surface area contributed by atoms with Crippen molar-refractivity contribution in [2.24, 2.45) is 0 Å². The molecule has 0 saturated carbocycles. The molecule has 4 heteroatoms. The van der Waals surface area contributed by atoms with Gasteiger partial charge in [-0.25, -0.2) is 4.79 Å². The van der Waals surface area contributed by atoms with Crippen LogP contribution in [0.5, 0.6) is 0 Å². The Morgan fingerprint density at radius 3 is 2.43 bits per heavy atom. The van der Waals surface area contributed by atoms with Crippen LogP contribution in [0.2, 0.25) is 13.1 Å². The number of unbranched alkanes of at least 4 members (excludes halogenated alkanes) is 1. The zero-order chi connectivity index (χ0) is 11.2. The van der Waals surface area contributed by atoms with Crippen LogP contribution in [0.3, 0.4) is 0 Å². The fourth-order valence-corrected chi connectivity index (χ4v) is 1.93. The first-order valence-electron chi connectivity index (χ1n) is 4.68. The first-order chi connectivity index (χ1) is 6.39. The van der Waals surface area contributed by atoms with Crippen molar-refractivity contribution >= 4 is 14.3 Å². The van der Waals surface area contributed by atoms with Crippen molar-refractivity contribution in [2.45, 2.75) is 32.9 Å². The van der Waals surface area contributed by atoms with E-state index in [4.69, 9.17) is 9.53 Å². The Morgan fingerprint density at radius 2 is 2.00 bits per heavy atom. The molecule has 0 unspecified atom stereocenters. The summed E-state index contributed by atoms with van der Waals surface area (Å²) in [4.78, 5) is 10.5. The molecule has 0 heterocycles. The summed E-state index contributed by atoms with van der Waals surface area (Å²) in [6, 6.07) is 2.18. The average Bonchev–Trinajstić information content (AvgIpc) is 2.12. The predicted molar refractivity (Wildman–Crippen MR) is 59.4 cm³/mol. The molecule has 0 fully saturated rings. The zero-order valence-electron chi connectivity index (χ0n) is 9.33. The lowest BCUT2D eigenvalue weighted by molar-refractivity contribution is -0.132. The van der Waals surface area contributed by atoms with Crippen LogP contribution in [0.15, 0.2) is 11.6 Å². The number of allylic oxidation sites excluding steroid dienone is 1. The van der Waals surface area contributed by atoms with Gasteiger partial charge in [-0.3, -0.25) is 0 Å². The topological polar surface area (TPSA) is 46.5 Å². The Morgan fingerprint density at radius 1 is 1.43 bits per heavy atom. The maximum absolute atomic E-state index is 10.5. The third-order valence-electron chi connectivity index (χ3n) is 2.12. The highest BCUT2D eigenvalue weighted by molar-refractivity contribution is 6.74. The monoisotopic (exact) mass is 215 g/mol. The standard InChI is InChI=1S/C10H19O3Si/c1-9(10(11)12)7-5-6-8-14(3,4)13-2/h7-8H,5-6H2,1-4H3,(H,11,12). The van der Waals surface area contributed by atoms with Crippen LogP contribution in [0, 0.1) is 6.04 Å². The van der Waals surface area contributed by atoms with E-state index in [0.717, 1.165) is 12.8 Å². The van der Waals surface area contributed by atoms with Gasteiger partial charge in [-0.1, -0.05) is 6.08 Å². The molecule has 0 aromatic rings. The van der Waals surface area contributed by atoms with E-state index >= 15 is 0 Å². The molecule has 0 spiro atoms. The molecule has 1 radical (unpaired) electrons. The molecule has 0 saturated heterocycles. The first-order valence-corrected chi connectivity index (χ1v) is 7.67. The van der Waals surface area contributed by atoms with Gasteiger partial charge >= 0.3 is 5.97 Å². The van der Waals surface area contributed by atoms with Crippen molar-refractivity contribution in [1.29, 1.82) is 0 Å². The minimum Gasteiger partial charge on any atom is -0.478 e. The zero-order valence-corrected chi connectivity index (χ0v) is 10.3. The summed E-state index contributed by atoms with van der Waals surface area (Å²) in [5.41, 5.74) is 0.412. The third-order valence-corrected chi connectivity index (χ3v) is 4.44. The van der Waals surface area contributed by atoms with E-state index in [9.17, 15) is 4.79 Å². The highest BCUT2D eigenvalue weighted by Crippen LogP contribution is 2.12. The van der Waals surface area contributed by atoms with Crippen LogP contribution < -0.4 is 0 Å². The van der Waals surface area contributed by atoms with Gasteiger partial charge in [-0.05, 0) is 38.9 Å². The second kappa shape index (κ2) is 5.98. The van der Waals surface area contributed by atoms with Crippen molar-refractivity contribution in [1.82, 2.24) is 0 Å². The van der Waals surface area contributed by atoms with Gasteiger partial charge in [-0.2, -0.15) is 0 Å². The van der Waals surface area contributed by atoms with Crippen LogP contribution in [0.4, 0.5) is 0 Å². The van der Waals surface area contributed by atoms with E-state index in [2.05, 4.69) is 19.1 Å². The molecular weight excluding hydrogens is 196 g/mol. The molecule has 0 aromatic heterocycles. The minimum atomic E-state index is -1.58. The van der Waals surface area contributed by atoms with Crippen LogP contribution in [0.1, 0.15) is 19.8 Å². The summed E-state index contributed by atoms with van der Waals surface area (Å²) in [5.74, 6) is -0.840. The van der Waals surface area contributed by atoms with Gasteiger partial charge in [-0.15, -0.1) is 0 Å². The molecule has 0 rings (SSSR count). The normalized spacial score (nSPS) is 13.0. The quantitative estimate of drug-likeness (QED) is 0.420. The Bertz CT molecular complexity index is 221. The van der Waals surface area contributed by atoms with Crippen molar-refractivity contribution in [3.63, 3.8) is 0 Å². The van der Waals surface area contributed by atoms with E-state index in [0.29, 0.717) is 5.57 Å². The molecule has 0 aliphatic carbocycles. The van der Waals surface area contributed by atoms with Crippen molar-refractivity contribution in [3.05, 3.63) is 17.7 Å². The fourth-order valence-electron chi connectivity index (χ4n) is 0.901. The number of hydrogen-bond donors (Lipinski definition) is 1. The molecule has 0 amide bonds. The van der Waals surface area contributed by atoms with Crippen LogP contribution in [-0.2, 0) is 9.22 Å². The van der Waals surface area contributed by atoms with E-state index in [1.54, 1.807) is 20.1 Å². The fraction of sp³-hybridized carbons (Fsp3) is 0.600. The van der Waals surface area contributed by atoms with Crippen LogP contribution in [-0.4, -0.2) is 26.5 Å². The summed E-state index contributed by atoms with van der Waals surface area (Å²) in [5, 5.41) is 8.59. The van der Waals surface area contributed by atoms with Crippen molar-refractivity contribution in [3.8, 4) is 0 Å². The molecule has 1 N–H and O–H groups in total. The molecule has 81 valence electrons. The van der Waals surface area contributed by atoms with E-state index in [1.807, 2.05) is 0 Å².